The molecule has 90 valence electrons. The Morgan fingerprint density at radius 2 is 2.11 bits per heavy atom. The van der Waals surface area contributed by atoms with Gasteiger partial charge in [0, 0.05) is 12.6 Å². The van der Waals surface area contributed by atoms with Crippen molar-refractivity contribution in [2.24, 2.45) is 0 Å². The molecule has 0 spiro atoms. The van der Waals surface area contributed by atoms with Crippen molar-refractivity contribution in [1.29, 1.82) is 0 Å². The van der Waals surface area contributed by atoms with Crippen molar-refractivity contribution in [3.05, 3.63) is 30.4 Å². The van der Waals surface area contributed by atoms with E-state index in [1.807, 2.05) is 18.2 Å². The highest BCUT2D eigenvalue weighted by atomic mass is 16.3. The van der Waals surface area contributed by atoms with Gasteiger partial charge in [-0.1, -0.05) is 6.07 Å². The van der Waals surface area contributed by atoms with E-state index in [0.717, 1.165) is 16.7 Å². The summed E-state index contributed by atoms with van der Waals surface area (Å²) in [7, 11) is 1.81. The molecular formula is C12H11N5O. The second-order valence-corrected chi connectivity index (χ2v) is 3.84. The Bertz CT molecular complexity index is 707. The first-order valence-corrected chi connectivity index (χ1v) is 5.50. The second-order valence-electron chi connectivity index (χ2n) is 3.84. The van der Waals surface area contributed by atoms with Gasteiger partial charge in [0.25, 0.3) is 0 Å². The average Bonchev–Trinajstić information content (AvgIpc) is 2.85. The van der Waals surface area contributed by atoms with Crippen LogP contribution in [0.4, 0.5) is 5.82 Å². The van der Waals surface area contributed by atoms with Crippen LogP contribution in [0.25, 0.3) is 22.4 Å². The van der Waals surface area contributed by atoms with Crippen LogP contribution in [-0.2, 0) is 0 Å². The zero-order valence-electron chi connectivity index (χ0n) is 10.0. The minimum atomic E-state index is 0.629. The van der Waals surface area contributed by atoms with Crippen molar-refractivity contribution in [3.63, 3.8) is 0 Å². The molecule has 0 atom stereocenters. The summed E-state index contributed by atoms with van der Waals surface area (Å²) in [5.41, 5.74) is 3.12. The lowest BCUT2D eigenvalue weighted by atomic mass is 10.1. The van der Waals surface area contributed by atoms with Gasteiger partial charge in [-0.3, -0.25) is 0 Å². The highest BCUT2D eigenvalue weighted by Gasteiger charge is 2.10. The summed E-state index contributed by atoms with van der Waals surface area (Å²) in [6.45, 7) is 1.80. The molecule has 0 fully saturated rings. The Balaban J connectivity index is 2.18. The molecule has 0 aliphatic rings. The average molecular weight is 241 g/mol. The van der Waals surface area contributed by atoms with Gasteiger partial charge in [-0.2, -0.15) is 0 Å². The van der Waals surface area contributed by atoms with Crippen LogP contribution in [0.5, 0.6) is 0 Å². The number of fused-ring (bicyclic) bond motifs is 1. The maximum atomic E-state index is 5.28. The van der Waals surface area contributed by atoms with E-state index in [-0.39, 0.29) is 0 Å². The molecular weight excluding hydrogens is 230 g/mol. The minimum Gasteiger partial charge on any atom is -0.443 e. The first kappa shape index (κ1) is 10.6. The third-order valence-electron chi connectivity index (χ3n) is 2.63. The number of hydrogen-bond acceptors (Lipinski definition) is 6. The van der Waals surface area contributed by atoms with Crippen LogP contribution in [0.3, 0.4) is 0 Å². The third-order valence-corrected chi connectivity index (χ3v) is 2.63. The van der Waals surface area contributed by atoms with Gasteiger partial charge in [0.05, 0.1) is 0 Å². The number of nitrogens with zero attached hydrogens (tertiary/aromatic N) is 4. The van der Waals surface area contributed by atoms with Gasteiger partial charge in [0.15, 0.2) is 17.8 Å². The molecule has 2 heterocycles. The van der Waals surface area contributed by atoms with Crippen molar-refractivity contribution >= 4 is 16.9 Å². The molecule has 18 heavy (non-hydrogen) atoms. The van der Waals surface area contributed by atoms with Crippen molar-refractivity contribution in [2.75, 3.05) is 12.4 Å². The van der Waals surface area contributed by atoms with Gasteiger partial charge >= 0.3 is 0 Å². The zero-order valence-corrected chi connectivity index (χ0v) is 10.0. The normalized spacial score (nSPS) is 10.8. The molecule has 3 rings (SSSR count). The van der Waals surface area contributed by atoms with E-state index in [1.165, 1.54) is 6.39 Å². The van der Waals surface area contributed by atoms with Crippen molar-refractivity contribution < 1.29 is 4.42 Å². The summed E-state index contributed by atoms with van der Waals surface area (Å²) in [4.78, 5) is 8.38. The van der Waals surface area contributed by atoms with Crippen molar-refractivity contribution in [1.82, 2.24) is 20.2 Å². The standard InChI is InChI=1S/C12H11N5O/c1-7-15-12(13-2)11(17-16-7)8-3-4-9-10(5-8)18-6-14-9/h3-6H,1-2H3,(H,13,15,16). The lowest BCUT2D eigenvalue weighted by Crippen LogP contribution is -2.02. The minimum absolute atomic E-state index is 0.629. The van der Waals surface area contributed by atoms with E-state index in [4.69, 9.17) is 4.42 Å². The number of hydrogen-bond donors (Lipinski definition) is 1. The number of aromatic nitrogens is 4. The predicted molar refractivity (Wildman–Crippen MR) is 67.1 cm³/mol. The van der Waals surface area contributed by atoms with Crippen molar-refractivity contribution in [2.45, 2.75) is 6.92 Å². The number of anilines is 1. The summed E-state index contributed by atoms with van der Waals surface area (Å²) < 4.78 is 5.28. The van der Waals surface area contributed by atoms with E-state index in [0.29, 0.717) is 17.3 Å². The fourth-order valence-corrected chi connectivity index (χ4v) is 1.78. The molecule has 0 bridgehead atoms. The number of rotatable bonds is 2. The molecule has 0 unspecified atom stereocenters. The van der Waals surface area contributed by atoms with Gasteiger partial charge in [0.2, 0.25) is 0 Å². The summed E-state index contributed by atoms with van der Waals surface area (Å²) >= 11 is 0. The molecule has 0 saturated carbocycles. The monoisotopic (exact) mass is 241 g/mol. The molecule has 6 heteroatoms. The highest BCUT2D eigenvalue weighted by Crippen LogP contribution is 2.26. The summed E-state index contributed by atoms with van der Waals surface area (Å²) in [6.07, 6.45) is 1.42. The Morgan fingerprint density at radius 1 is 1.22 bits per heavy atom. The quantitative estimate of drug-likeness (QED) is 0.739. The number of aryl methyl sites for hydroxylation is 1. The number of nitrogens with one attached hydrogen (secondary N) is 1. The van der Waals surface area contributed by atoms with Crippen LogP contribution in [0.15, 0.2) is 29.0 Å². The van der Waals surface area contributed by atoms with Crippen LogP contribution in [0, 0.1) is 6.92 Å². The predicted octanol–water partition coefficient (Wildman–Crippen LogP) is 2.03. The third kappa shape index (κ3) is 1.67. The van der Waals surface area contributed by atoms with Crippen LogP contribution in [0.2, 0.25) is 0 Å². The summed E-state index contributed by atoms with van der Waals surface area (Å²) in [6, 6.07) is 5.69. The molecule has 0 saturated heterocycles. The molecule has 3 aromatic rings. The lowest BCUT2D eigenvalue weighted by Gasteiger charge is -2.06. The first-order valence-electron chi connectivity index (χ1n) is 5.50. The lowest BCUT2D eigenvalue weighted by molar-refractivity contribution is 0.602. The summed E-state index contributed by atoms with van der Waals surface area (Å²) in [5, 5.41) is 11.2. The maximum Gasteiger partial charge on any atom is 0.181 e. The maximum absolute atomic E-state index is 5.28. The fraction of sp³-hybridized carbons (Fsp3) is 0.167. The first-order chi connectivity index (χ1) is 8.78. The smallest absolute Gasteiger partial charge is 0.181 e. The highest BCUT2D eigenvalue weighted by molar-refractivity contribution is 5.81. The van der Waals surface area contributed by atoms with Gasteiger partial charge < -0.3 is 9.73 Å². The molecule has 0 aliphatic heterocycles. The SMILES string of the molecule is CNc1nc(C)nnc1-c1ccc2ncoc2c1. The topological polar surface area (TPSA) is 76.7 Å². The van der Waals surface area contributed by atoms with Gasteiger partial charge in [-0.15, -0.1) is 10.2 Å². The molecule has 1 N–H and O–H groups in total. The van der Waals surface area contributed by atoms with Crippen LogP contribution >= 0.6 is 0 Å². The molecule has 0 amide bonds. The van der Waals surface area contributed by atoms with Gasteiger partial charge in [-0.25, -0.2) is 9.97 Å². The second kappa shape index (κ2) is 4.06. The zero-order chi connectivity index (χ0) is 12.5. The molecule has 1 aromatic carbocycles. The Labute approximate surface area is 103 Å². The van der Waals surface area contributed by atoms with Crippen LogP contribution in [0.1, 0.15) is 5.82 Å². The van der Waals surface area contributed by atoms with Crippen LogP contribution < -0.4 is 5.32 Å². The van der Waals surface area contributed by atoms with E-state index in [9.17, 15) is 0 Å². The van der Waals surface area contributed by atoms with Gasteiger partial charge in [-0.05, 0) is 19.1 Å². The number of benzene rings is 1. The largest absolute Gasteiger partial charge is 0.443 e. The fourth-order valence-electron chi connectivity index (χ4n) is 1.78. The van der Waals surface area contributed by atoms with Crippen LogP contribution in [-0.4, -0.2) is 27.2 Å². The molecule has 2 aromatic heterocycles. The van der Waals surface area contributed by atoms with E-state index in [2.05, 4.69) is 25.5 Å². The Kier molecular flexibility index (Phi) is 2.40. The molecule has 6 nitrogen and oxygen atoms in total. The Morgan fingerprint density at radius 3 is 2.94 bits per heavy atom. The van der Waals surface area contributed by atoms with Crippen molar-refractivity contribution in [3.8, 4) is 11.3 Å². The van der Waals surface area contributed by atoms with Gasteiger partial charge in [0.1, 0.15) is 17.0 Å². The number of oxazole rings is 1. The Hall–Kier alpha value is -2.50. The van der Waals surface area contributed by atoms with E-state index in [1.54, 1.807) is 14.0 Å². The van der Waals surface area contributed by atoms with E-state index >= 15 is 0 Å². The molecule has 0 radical (unpaired) electrons. The molecule has 0 aliphatic carbocycles. The van der Waals surface area contributed by atoms with E-state index < -0.39 is 0 Å². The summed E-state index contributed by atoms with van der Waals surface area (Å²) in [5.74, 6) is 1.32.